The zero-order chi connectivity index (χ0) is 6.78. The van der Waals surface area contributed by atoms with Gasteiger partial charge in [-0.25, -0.2) is 8.42 Å². The van der Waals surface area contributed by atoms with Crippen LogP contribution >= 0.6 is 0 Å². The molecular weight excluding hydrogens is 240 g/mol. The van der Waals surface area contributed by atoms with Crippen LogP contribution in [0.25, 0.3) is 0 Å². The molecule has 0 aromatic heterocycles. The van der Waals surface area contributed by atoms with Gasteiger partial charge in [-0.2, -0.15) is 0 Å². The largest absolute Gasteiger partial charge is 1.00 e. The summed E-state index contributed by atoms with van der Waals surface area (Å²) in [5, 5.41) is 0. The normalized spacial score (nSPS) is 11.1. The summed E-state index contributed by atoms with van der Waals surface area (Å²) in [6, 6.07) is 0. The molecule has 60 valence electrons. The van der Waals surface area contributed by atoms with Gasteiger partial charge in [0, 0.05) is 0 Å². The second-order valence-electron chi connectivity index (χ2n) is 1.55. The Morgan fingerprint density at radius 2 is 1.78 bits per heavy atom. The van der Waals surface area contributed by atoms with E-state index < -0.39 is 16.5 Å². The number of hydrogen-bond donors (Lipinski definition) is 0. The first-order chi connectivity index (χ1) is 3.42. The van der Waals surface area contributed by atoms with Crippen LogP contribution in [0.1, 0.15) is 13.8 Å². The molecule has 6 heteroatoms. The van der Waals surface area contributed by atoms with E-state index >= 15 is 0 Å². The standard InChI is InChI=1S/C3H8O4S.Ag/c1-3(2)7-8(4,5)6;/h3H,1-2H3,(H,4,5,6);/q;+1/p-1. The van der Waals surface area contributed by atoms with E-state index in [9.17, 15) is 13.0 Å². The molecule has 0 aromatic rings. The Hall–Kier alpha value is 0.610. The van der Waals surface area contributed by atoms with E-state index in [4.69, 9.17) is 0 Å². The SMILES string of the molecule is CC(C)OS(=O)(=O)[O-].[Ag+]. The van der Waals surface area contributed by atoms with Crippen molar-refractivity contribution in [3.63, 3.8) is 0 Å². The molecule has 0 atom stereocenters. The Bertz CT molecular complexity index is 149. The number of hydrogen-bond acceptors (Lipinski definition) is 4. The van der Waals surface area contributed by atoms with Crippen molar-refractivity contribution in [3.05, 3.63) is 0 Å². The Morgan fingerprint density at radius 1 is 1.44 bits per heavy atom. The summed E-state index contributed by atoms with van der Waals surface area (Å²) < 4.78 is 32.8. The predicted molar refractivity (Wildman–Crippen MR) is 25.9 cm³/mol. The molecule has 0 rings (SSSR count). The van der Waals surface area contributed by atoms with Gasteiger partial charge in [0.1, 0.15) is 0 Å². The van der Waals surface area contributed by atoms with E-state index in [1.165, 1.54) is 13.8 Å². The minimum Gasteiger partial charge on any atom is -0.726 e. The molecule has 9 heavy (non-hydrogen) atoms. The third kappa shape index (κ3) is 12.0. The van der Waals surface area contributed by atoms with Crippen molar-refractivity contribution in [1.29, 1.82) is 0 Å². The molecule has 0 fully saturated rings. The Balaban J connectivity index is 0. The summed E-state index contributed by atoms with van der Waals surface area (Å²) >= 11 is 0. The van der Waals surface area contributed by atoms with Crippen molar-refractivity contribution in [1.82, 2.24) is 0 Å². The Labute approximate surface area is 70.1 Å². The van der Waals surface area contributed by atoms with E-state index in [-0.39, 0.29) is 22.4 Å². The molecule has 0 saturated carbocycles. The van der Waals surface area contributed by atoms with E-state index in [1.807, 2.05) is 0 Å². The van der Waals surface area contributed by atoms with Gasteiger partial charge in [-0.1, -0.05) is 0 Å². The quantitative estimate of drug-likeness (QED) is 0.387. The molecule has 0 aromatic carbocycles. The summed E-state index contributed by atoms with van der Waals surface area (Å²) in [7, 11) is -4.47. The summed E-state index contributed by atoms with van der Waals surface area (Å²) in [5.41, 5.74) is 0. The van der Waals surface area contributed by atoms with Gasteiger partial charge in [-0.15, -0.1) is 0 Å². The topological polar surface area (TPSA) is 66.4 Å². The van der Waals surface area contributed by atoms with Gasteiger partial charge in [-0.05, 0) is 13.8 Å². The van der Waals surface area contributed by atoms with Crippen molar-refractivity contribution in [3.8, 4) is 0 Å². The monoisotopic (exact) mass is 246 g/mol. The molecule has 0 aliphatic carbocycles. The molecule has 0 bridgehead atoms. The van der Waals surface area contributed by atoms with E-state index in [1.54, 1.807) is 0 Å². The van der Waals surface area contributed by atoms with Crippen LogP contribution in [-0.2, 0) is 37.0 Å². The second kappa shape index (κ2) is 4.43. The van der Waals surface area contributed by atoms with Gasteiger partial charge >= 0.3 is 22.4 Å². The molecule has 0 unspecified atom stereocenters. The van der Waals surface area contributed by atoms with Crippen LogP contribution in [0.4, 0.5) is 0 Å². The van der Waals surface area contributed by atoms with Gasteiger partial charge in [0.25, 0.3) is 0 Å². The minimum absolute atomic E-state index is 0. The maximum Gasteiger partial charge on any atom is 1.00 e. The Kier molecular flexibility index (Phi) is 6.05. The fourth-order valence-corrected chi connectivity index (χ4v) is 0.707. The van der Waals surface area contributed by atoms with Gasteiger partial charge in [-0.3, -0.25) is 4.18 Å². The van der Waals surface area contributed by atoms with Crippen LogP contribution in [0, 0.1) is 0 Å². The van der Waals surface area contributed by atoms with Crippen molar-refractivity contribution in [2.75, 3.05) is 0 Å². The maximum atomic E-state index is 9.66. The van der Waals surface area contributed by atoms with E-state index in [0.29, 0.717) is 0 Å². The predicted octanol–water partition coefficient (Wildman–Crippen LogP) is -0.131. The van der Waals surface area contributed by atoms with Crippen molar-refractivity contribution in [2.45, 2.75) is 20.0 Å². The first-order valence-electron chi connectivity index (χ1n) is 2.06. The zero-order valence-corrected chi connectivity index (χ0v) is 7.22. The summed E-state index contributed by atoms with van der Waals surface area (Å²) in [6.07, 6.45) is -0.558. The Morgan fingerprint density at radius 3 is 1.78 bits per heavy atom. The molecule has 0 saturated heterocycles. The van der Waals surface area contributed by atoms with E-state index in [2.05, 4.69) is 4.18 Å². The van der Waals surface area contributed by atoms with Crippen LogP contribution in [-0.4, -0.2) is 19.1 Å². The average molecular weight is 247 g/mol. The van der Waals surface area contributed by atoms with Crippen LogP contribution in [0.2, 0.25) is 0 Å². The summed E-state index contributed by atoms with van der Waals surface area (Å²) in [5.74, 6) is 0. The first kappa shape index (κ1) is 12.3. The second-order valence-corrected chi connectivity index (χ2v) is 2.56. The minimum atomic E-state index is -4.47. The van der Waals surface area contributed by atoms with Crippen molar-refractivity contribution < 1.29 is 39.5 Å². The van der Waals surface area contributed by atoms with Crippen molar-refractivity contribution >= 4 is 10.4 Å². The molecule has 0 aliphatic heterocycles. The first-order valence-corrected chi connectivity index (χ1v) is 3.39. The zero-order valence-electron chi connectivity index (χ0n) is 4.92. The molecule has 0 amide bonds. The molecule has 4 nitrogen and oxygen atoms in total. The third-order valence-corrected chi connectivity index (χ3v) is 0.931. The fourth-order valence-electron chi connectivity index (χ4n) is 0.236. The smallest absolute Gasteiger partial charge is 0.726 e. The fraction of sp³-hybridized carbons (Fsp3) is 1.00. The van der Waals surface area contributed by atoms with Crippen molar-refractivity contribution in [2.24, 2.45) is 0 Å². The van der Waals surface area contributed by atoms with Crippen LogP contribution < -0.4 is 0 Å². The molecule has 0 heterocycles. The van der Waals surface area contributed by atoms with Crippen LogP contribution in [0.5, 0.6) is 0 Å². The van der Waals surface area contributed by atoms with Crippen LogP contribution in [0.15, 0.2) is 0 Å². The number of rotatable bonds is 2. The molecule has 0 radical (unpaired) electrons. The van der Waals surface area contributed by atoms with E-state index in [0.717, 1.165) is 0 Å². The molecule has 0 spiro atoms. The molecule has 0 aliphatic rings. The summed E-state index contributed by atoms with van der Waals surface area (Å²) in [4.78, 5) is 0. The third-order valence-electron chi connectivity index (χ3n) is 0.310. The van der Waals surface area contributed by atoms with Crippen LogP contribution in [0.3, 0.4) is 0 Å². The van der Waals surface area contributed by atoms with Gasteiger partial charge < -0.3 is 4.55 Å². The van der Waals surface area contributed by atoms with Gasteiger partial charge in [0.05, 0.1) is 6.10 Å². The van der Waals surface area contributed by atoms with Gasteiger partial charge in [0.2, 0.25) is 10.4 Å². The maximum absolute atomic E-state index is 9.66. The molecular formula is C3H7AgO4S. The van der Waals surface area contributed by atoms with Gasteiger partial charge in [0.15, 0.2) is 0 Å². The summed E-state index contributed by atoms with van der Waals surface area (Å²) in [6.45, 7) is 2.94. The average Bonchev–Trinajstić information content (AvgIpc) is 1.21. The molecule has 0 N–H and O–H groups in total.